The van der Waals surface area contributed by atoms with Gasteiger partial charge in [0.05, 0.1) is 0 Å². The van der Waals surface area contributed by atoms with E-state index >= 15 is 0 Å². The first-order valence-electron chi connectivity index (χ1n) is 4.36. The van der Waals surface area contributed by atoms with Gasteiger partial charge in [0.25, 0.3) is 0 Å². The van der Waals surface area contributed by atoms with Crippen molar-refractivity contribution >= 4 is 20.8 Å². The Balaban J connectivity index is 2.72. The summed E-state index contributed by atoms with van der Waals surface area (Å²) in [6, 6.07) is 1.44. The molecule has 0 unspecified atom stereocenters. The molecule has 72 valence electrons. The number of hydrogen-bond acceptors (Lipinski definition) is 3. The maximum atomic E-state index is 9.79. The number of nitrogens with zero attached hydrogens (tertiary/aromatic N) is 1. The van der Waals surface area contributed by atoms with Crippen LogP contribution < -0.4 is 0 Å². The van der Waals surface area contributed by atoms with Crippen molar-refractivity contribution in [1.29, 1.82) is 0 Å². The van der Waals surface area contributed by atoms with Crippen molar-refractivity contribution in [2.24, 2.45) is 4.74 Å². The van der Waals surface area contributed by atoms with Crippen molar-refractivity contribution in [3.8, 4) is 11.5 Å². The van der Waals surface area contributed by atoms with E-state index < -0.39 is 0 Å². The van der Waals surface area contributed by atoms with Crippen molar-refractivity contribution < 1.29 is 10.2 Å². The molecule has 1 aliphatic carbocycles. The quantitative estimate of drug-likeness (QED) is 0.549. The summed E-state index contributed by atoms with van der Waals surface area (Å²) in [7, 11) is 2.95. The van der Waals surface area contributed by atoms with Crippen LogP contribution in [0.15, 0.2) is 16.9 Å². The maximum absolute atomic E-state index is 9.79. The zero-order valence-corrected chi connectivity index (χ0v) is 8.49. The second-order valence-corrected chi connectivity index (χ2v) is 3.43. The number of fused-ring (bicyclic) bond motifs is 1. The van der Waals surface area contributed by atoms with Gasteiger partial charge in [0.2, 0.25) is 0 Å². The summed E-state index contributed by atoms with van der Waals surface area (Å²) in [5.41, 5.74) is 1.84. The molecule has 2 N–H and O–H groups in total. The smallest absolute Gasteiger partial charge is 0.145 e. The van der Waals surface area contributed by atoms with Crippen molar-refractivity contribution in [2.45, 2.75) is 12.8 Å². The standard InChI is InChI=1S/C10H10NO2P/c12-9-5-8(11-14)10(13)7-4-2-1-3-6(7)9/h1,3,5,12-14H,2,4H2. The molecule has 0 saturated heterocycles. The molecule has 3 nitrogen and oxygen atoms in total. The first kappa shape index (κ1) is 9.22. The number of phenols is 2. The zero-order valence-electron chi connectivity index (χ0n) is 7.49. The van der Waals surface area contributed by atoms with E-state index in [1.165, 1.54) is 6.07 Å². The highest BCUT2D eigenvalue weighted by Crippen LogP contribution is 2.41. The van der Waals surface area contributed by atoms with Gasteiger partial charge in [0.15, 0.2) is 0 Å². The number of phenolic OH excluding ortho intramolecular Hbond substituents is 2. The largest absolute Gasteiger partial charge is 0.507 e. The molecule has 0 fully saturated rings. The topological polar surface area (TPSA) is 52.8 Å². The van der Waals surface area contributed by atoms with E-state index in [1.54, 1.807) is 0 Å². The molecule has 14 heavy (non-hydrogen) atoms. The van der Waals surface area contributed by atoms with Gasteiger partial charge < -0.3 is 10.2 Å². The first-order chi connectivity index (χ1) is 6.74. The van der Waals surface area contributed by atoms with Crippen LogP contribution in [0.4, 0.5) is 5.69 Å². The number of allylic oxidation sites excluding steroid dienone is 1. The van der Waals surface area contributed by atoms with E-state index in [0.717, 1.165) is 18.4 Å². The lowest BCUT2D eigenvalue weighted by molar-refractivity contribution is 0.454. The minimum Gasteiger partial charge on any atom is -0.507 e. The van der Waals surface area contributed by atoms with E-state index in [0.29, 0.717) is 11.3 Å². The van der Waals surface area contributed by atoms with Crippen LogP contribution in [0.5, 0.6) is 11.5 Å². The van der Waals surface area contributed by atoms with Gasteiger partial charge in [-0.25, -0.2) is 4.74 Å². The van der Waals surface area contributed by atoms with Crippen molar-refractivity contribution in [3.05, 3.63) is 23.3 Å². The van der Waals surface area contributed by atoms with Crippen LogP contribution in [-0.4, -0.2) is 10.2 Å². The SMILES string of the molecule is Oc1cc(N=P)c(O)c2c1C=CCC2. The summed E-state index contributed by atoms with van der Waals surface area (Å²) < 4.78 is 3.71. The van der Waals surface area contributed by atoms with Gasteiger partial charge in [-0.1, -0.05) is 12.2 Å². The Labute approximate surface area is 84.0 Å². The summed E-state index contributed by atoms with van der Waals surface area (Å²) >= 11 is 0. The van der Waals surface area contributed by atoms with Crippen LogP contribution in [0.2, 0.25) is 0 Å². The predicted molar refractivity (Wildman–Crippen MR) is 57.5 cm³/mol. The van der Waals surface area contributed by atoms with Crippen LogP contribution in [0.25, 0.3) is 6.08 Å². The fourth-order valence-corrected chi connectivity index (χ4v) is 1.84. The lowest BCUT2D eigenvalue weighted by Gasteiger charge is -2.14. The molecule has 4 heteroatoms. The van der Waals surface area contributed by atoms with E-state index in [9.17, 15) is 10.2 Å². The summed E-state index contributed by atoms with van der Waals surface area (Å²) in [4.78, 5) is 0. The fraction of sp³-hybridized carbons (Fsp3) is 0.200. The second kappa shape index (κ2) is 3.43. The molecule has 0 amide bonds. The Kier molecular flexibility index (Phi) is 2.26. The number of hydrogen-bond donors (Lipinski definition) is 2. The molecule has 0 atom stereocenters. The Morgan fingerprint density at radius 1 is 1.36 bits per heavy atom. The van der Waals surface area contributed by atoms with Gasteiger partial charge in [-0.15, -0.1) is 0 Å². The Morgan fingerprint density at radius 3 is 2.86 bits per heavy atom. The highest BCUT2D eigenvalue weighted by molar-refractivity contribution is 7.04. The monoisotopic (exact) mass is 207 g/mol. The van der Waals surface area contributed by atoms with Crippen LogP contribution >= 0.6 is 9.03 Å². The average Bonchev–Trinajstić information content (AvgIpc) is 2.23. The van der Waals surface area contributed by atoms with Gasteiger partial charge in [0, 0.05) is 17.2 Å². The van der Waals surface area contributed by atoms with Gasteiger partial charge >= 0.3 is 0 Å². The summed E-state index contributed by atoms with van der Waals surface area (Å²) in [6.45, 7) is 0. The van der Waals surface area contributed by atoms with E-state index in [2.05, 4.69) is 13.8 Å². The average molecular weight is 207 g/mol. The summed E-state index contributed by atoms with van der Waals surface area (Å²) in [5.74, 6) is 0.308. The Bertz CT molecular complexity index is 427. The predicted octanol–water partition coefficient (Wildman–Crippen LogP) is 3.02. The third-order valence-corrected chi connectivity index (χ3v) is 2.61. The maximum Gasteiger partial charge on any atom is 0.145 e. The van der Waals surface area contributed by atoms with Crippen LogP contribution in [0, 0.1) is 0 Å². The normalized spacial score (nSPS) is 13.7. The third-order valence-electron chi connectivity index (χ3n) is 2.37. The van der Waals surface area contributed by atoms with E-state index in [-0.39, 0.29) is 11.5 Å². The molecule has 0 saturated carbocycles. The second-order valence-electron chi connectivity index (χ2n) is 3.21. The molecule has 0 spiro atoms. The van der Waals surface area contributed by atoms with Crippen LogP contribution in [0.3, 0.4) is 0 Å². The lowest BCUT2D eigenvalue weighted by Crippen LogP contribution is -1.95. The molecule has 1 aromatic rings. The minimum absolute atomic E-state index is 0.150. The van der Waals surface area contributed by atoms with Crippen LogP contribution in [-0.2, 0) is 6.42 Å². The zero-order chi connectivity index (χ0) is 10.1. The molecule has 1 aliphatic rings. The third kappa shape index (κ3) is 1.30. The number of aromatic hydroxyl groups is 2. The highest BCUT2D eigenvalue weighted by atomic mass is 31.0. The van der Waals surface area contributed by atoms with Crippen molar-refractivity contribution in [3.63, 3.8) is 0 Å². The summed E-state index contributed by atoms with van der Waals surface area (Å²) in [5, 5.41) is 19.4. The van der Waals surface area contributed by atoms with Gasteiger partial charge in [-0.2, -0.15) is 0 Å². The molecule has 0 bridgehead atoms. The number of benzene rings is 1. The number of rotatable bonds is 1. The Morgan fingerprint density at radius 2 is 2.14 bits per heavy atom. The highest BCUT2D eigenvalue weighted by Gasteiger charge is 2.16. The molecule has 0 aromatic heterocycles. The summed E-state index contributed by atoms with van der Waals surface area (Å²) in [6.07, 6.45) is 5.42. The first-order valence-corrected chi connectivity index (χ1v) is 4.80. The van der Waals surface area contributed by atoms with Crippen LogP contribution in [0.1, 0.15) is 17.5 Å². The molecule has 1 aromatic carbocycles. The van der Waals surface area contributed by atoms with Crippen molar-refractivity contribution in [1.82, 2.24) is 0 Å². The molecule has 0 heterocycles. The van der Waals surface area contributed by atoms with Gasteiger partial charge in [-0.05, 0) is 21.9 Å². The van der Waals surface area contributed by atoms with E-state index in [4.69, 9.17) is 0 Å². The molecule has 2 rings (SSSR count). The minimum atomic E-state index is 0.150. The molecule has 0 aliphatic heterocycles. The van der Waals surface area contributed by atoms with Gasteiger partial charge in [0.1, 0.15) is 17.2 Å². The molecule has 0 radical (unpaired) electrons. The lowest BCUT2D eigenvalue weighted by atomic mass is 9.95. The van der Waals surface area contributed by atoms with E-state index in [1.807, 2.05) is 12.2 Å². The molecular formula is C10H10NO2P. The fourth-order valence-electron chi connectivity index (χ4n) is 1.67. The van der Waals surface area contributed by atoms with Gasteiger partial charge in [-0.3, -0.25) is 0 Å². The molecular weight excluding hydrogens is 197 g/mol. The van der Waals surface area contributed by atoms with Crippen molar-refractivity contribution in [2.75, 3.05) is 0 Å². The Hall–Kier alpha value is -1.34.